The minimum absolute atomic E-state index is 0.193. The summed E-state index contributed by atoms with van der Waals surface area (Å²) in [5.41, 5.74) is 0.652. The van der Waals surface area contributed by atoms with Gasteiger partial charge in [-0.15, -0.1) is 0 Å². The van der Waals surface area contributed by atoms with Crippen LogP contribution in [0.2, 0.25) is 0 Å². The zero-order valence-corrected chi connectivity index (χ0v) is 8.91. The maximum atomic E-state index is 12.0. The predicted molar refractivity (Wildman–Crippen MR) is 55.2 cm³/mol. The third-order valence-electron chi connectivity index (χ3n) is 2.04. The van der Waals surface area contributed by atoms with Gasteiger partial charge in [-0.1, -0.05) is 0 Å². The molecular weight excluding hydrogens is 208 g/mol. The van der Waals surface area contributed by atoms with Crippen molar-refractivity contribution in [1.82, 2.24) is 19.7 Å². The van der Waals surface area contributed by atoms with Crippen LogP contribution in [-0.4, -0.2) is 32.6 Å². The molecule has 0 radical (unpaired) electrons. The van der Waals surface area contributed by atoms with E-state index in [1.807, 2.05) is 0 Å². The zero-order chi connectivity index (χ0) is 11.5. The highest BCUT2D eigenvalue weighted by atomic mass is 16.5. The first kappa shape index (κ1) is 10.3. The Labute approximate surface area is 91.9 Å². The summed E-state index contributed by atoms with van der Waals surface area (Å²) in [7, 11) is 3.19. The molecule has 0 aromatic carbocycles. The SMILES string of the molecule is COc1nccnc1C(=O)c1cnn(C)c1. The lowest BCUT2D eigenvalue weighted by molar-refractivity contribution is 0.103. The lowest BCUT2D eigenvalue weighted by Crippen LogP contribution is -2.07. The van der Waals surface area contributed by atoms with Gasteiger partial charge >= 0.3 is 0 Å². The Morgan fingerprint density at radius 1 is 1.38 bits per heavy atom. The Morgan fingerprint density at radius 2 is 2.12 bits per heavy atom. The molecule has 6 heteroatoms. The molecule has 0 spiro atoms. The van der Waals surface area contributed by atoms with Crippen molar-refractivity contribution in [2.45, 2.75) is 0 Å². The molecule has 0 fully saturated rings. The molecule has 2 aromatic rings. The molecule has 0 unspecified atom stereocenters. The van der Waals surface area contributed by atoms with Crippen LogP contribution in [0.4, 0.5) is 0 Å². The molecule has 6 nitrogen and oxygen atoms in total. The van der Waals surface area contributed by atoms with Gasteiger partial charge in [-0.3, -0.25) is 9.48 Å². The first-order chi connectivity index (χ1) is 7.72. The van der Waals surface area contributed by atoms with Gasteiger partial charge in [0.1, 0.15) is 0 Å². The molecule has 2 aromatic heterocycles. The number of aryl methyl sites for hydroxylation is 1. The quantitative estimate of drug-likeness (QED) is 0.699. The number of carbonyl (C=O) groups excluding carboxylic acids is 1. The summed E-state index contributed by atoms with van der Waals surface area (Å²) in [6, 6.07) is 0. The van der Waals surface area contributed by atoms with Gasteiger partial charge in [0.05, 0.1) is 18.9 Å². The Balaban J connectivity index is 2.41. The molecule has 0 atom stereocenters. The highest BCUT2D eigenvalue weighted by Gasteiger charge is 2.17. The summed E-state index contributed by atoms with van der Waals surface area (Å²) >= 11 is 0. The van der Waals surface area contributed by atoms with E-state index in [4.69, 9.17) is 4.74 Å². The van der Waals surface area contributed by atoms with Crippen LogP contribution >= 0.6 is 0 Å². The van der Waals surface area contributed by atoms with Crippen LogP contribution in [0.5, 0.6) is 5.88 Å². The van der Waals surface area contributed by atoms with E-state index in [2.05, 4.69) is 15.1 Å². The van der Waals surface area contributed by atoms with Crippen LogP contribution in [0.15, 0.2) is 24.8 Å². The van der Waals surface area contributed by atoms with E-state index in [0.29, 0.717) is 5.56 Å². The highest BCUT2D eigenvalue weighted by molar-refractivity contribution is 6.08. The number of nitrogens with zero attached hydrogens (tertiary/aromatic N) is 4. The van der Waals surface area contributed by atoms with E-state index < -0.39 is 0 Å². The van der Waals surface area contributed by atoms with E-state index in [1.54, 1.807) is 17.9 Å². The smallest absolute Gasteiger partial charge is 0.243 e. The molecule has 0 amide bonds. The topological polar surface area (TPSA) is 69.9 Å². The van der Waals surface area contributed by atoms with Gasteiger partial charge in [0.2, 0.25) is 11.7 Å². The van der Waals surface area contributed by atoms with Crippen molar-refractivity contribution in [3.8, 4) is 5.88 Å². The van der Waals surface area contributed by atoms with Crippen molar-refractivity contribution in [1.29, 1.82) is 0 Å². The summed E-state index contributed by atoms with van der Waals surface area (Å²) in [5, 5.41) is 3.93. The fourth-order valence-electron chi connectivity index (χ4n) is 1.31. The van der Waals surface area contributed by atoms with Crippen LogP contribution < -0.4 is 4.74 Å². The van der Waals surface area contributed by atoms with E-state index in [1.165, 1.54) is 25.7 Å². The lowest BCUT2D eigenvalue weighted by Gasteiger charge is -2.02. The molecule has 0 saturated heterocycles. The summed E-state index contributed by atoms with van der Waals surface area (Å²) in [6.07, 6.45) is 6.03. The second kappa shape index (κ2) is 4.09. The molecule has 0 aliphatic rings. The molecule has 16 heavy (non-hydrogen) atoms. The number of carbonyl (C=O) groups is 1. The van der Waals surface area contributed by atoms with Gasteiger partial charge in [0, 0.05) is 25.6 Å². The molecule has 82 valence electrons. The lowest BCUT2D eigenvalue weighted by atomic mass is 10.2. The van der Waals surface area contributed by atoms with Crippen LogP contribution in [0, 0.1) is 0 Å². The maximum absolute atomic E-state index is 12.0. The normalized spacial score (nSPS) is 10.1. The highest BCUT2D eigenvalue weighted by Crippen LogP contribution is 2.15. The fraction of sp³-hybridized carbons (Fsp3) is 0.200. The van der Waals surface area contributed by atoms with Crippen molar-refractivity contribution in [2.75, 3.05) is 7.11 Å². The molecular formula is C10H10N4O2. The van der Waals surface area contributed by atoms with E-state index >= 15 is 0 Å². The summed E-state index contributed by atoms with van der Waals surface area (Å²) in [6.45, 7) is 0. The van der Waals surface area contributed by atoms with Crippen molar-refractivity contribution >= 4 is 5.78 Å². The molecule has 0 N–H and O–H groups in total. The molecule has 2 rings (SSSR count). The van der Waals surface area contributed by atoms with Gasteiger partial charge in [-0.25, -0.2) is 9.97 Å². The second-order valence-electron chi connectivity index (χ2n) is 3.15. The second-order valence-corrected chi connectivity index (χ2v) is 3.15. The van der Waals surface area contributed by atoms with Crippen molar-refractivity contribution in [3.05, 3.63) is 36.0 Å². The molecule has 0 saturated carbocycles. The van der Waals surface area contributed by atoms with E-state index in [9.17, 15) is 4.79 Å². The number of aromatic nitrogens is 4. The number of ether oxygens (including phenoxy) is 1. The molecule has 0 aliphatic heterocycles. The predicted octanol–water partition coefficient (Wildman–Crippen LogP) is 0.450. The Bertz CT molecular complexity index is 521. The standard InChI is InChI=1S/C10H10N4O2/c1-14-6-7(5-13-14)9(15)8-10(16-2)12-4-3-11-8/h3-6H,1-2H3. The minimum Gasteiger partial charge on any atom is -0.479 e. The van der Waals surface area contributed by atoms with Crippen LogP contribution in [0.25, 0.3) is 0 Å². The zero-order valence-electron chi connectivity index (χ0n) is 8.91. The molecule has 0 aliphatic carbocycles. The number of hydrogen-bond donors (Lipinski definition) is 0. The minimum atomic E-state index is -0.252. The summed E-state index contributed by atoms with van der Waals surface area (Å²) < 4.78 is 6.52. The Morgan fingerprint density at radius 3 is 2.75 bits per heavy atom. The van der Waals surface area contributed by atoms with Gasteiger partial charge in [0.25, 0.3) is 0 Å². The average molecular weight is 218 g/mol. The average Bonchev–Trinajstić information content (AvgIpc) is 2.75. The van der Waals surface area contributed by atoms with Gasteiger partial charge in [0.15, 0.2) is 5.69 Å². The molecule has 2 heterocycles. The number of rotatable bonds is 3. The van der Waals surface area contributed by atoms with Gasteiger partial charge < -0.3 is 4.74 Å². The van der Waals surface area contributed by atoms with E-state index in [-0.39, 0.29) is 17.4 Å². The number of ketones is 1. The Hall–Kier alpha value is -2.24. The number of methoxy groups -OCH3 is 1. The van der Waals surface area contributed by atoms with Crippen LogP contribution in [0.1, 0.15) is 16.1 Å². The summed E-state index contributed by atoms with van der Waals surface area (Å²) in [4.78, 5) is 19.9. The maximum Gasteiger partial charge on any atom is 0.243 e. The van der Waals surface area contributed by atoms with Crippen molar-refractivity contribution in [3.63, 3.8) is 0 Å². The largest absolute Gasteiger partial charge is 0.479 e. The fourth-order valence-corrected chi connectivity index (χ4v) is 1.31. The number of hydrogen-bond acceptors (Lipinski definition) is 5. The van der Waals surface area contributed by atoms with Crippen LogP contribution in [0.3, 0.4) is 0 Å². The third kappa shape index (κ3) is 1.77. The van der Waals surface area contributed by atoms with Gasteiger partial charge in [-0.2, -0.15) is 5.10 Å². The summed E-state index contributed by atoms with van der Waals surface area (Å²) in [5.74, 6) is -0.0330. The Kier molecular flexibility index (Phi) is 2.63. The van der Waals surface area contributed by atoms with Crippen LogP contribution in [-0.2, 0) is 7.05 Å². The van der Waals surface area contributed by atoms with Crippen molar-refractivity contribution < 1.29 is 9.53 Å². The van der Waals surface area contributed by atoms with Gasteiger partial charge in [-0.05, 0) is 0 Å². The van der Waals surface area contributed by atoms with E-state index in [0.717, 1.165) is 0 Å². The first-order valence-electron chi connectivity index (χ1n) is 4.60. The monoisotopic (exact) mass is 218 g/mol. The molecule has 0 bridgehead atoms. The third-order valence-corrected chi connectivity index (χ3v) is 2.04. The first-order valence-corrected chi connectivity index (χ1v) is 4.60. The van der Waals surface area contributed by atoms with Crippen molar-refractivity contribution in [2.24, 2.45) is 7.05 Å².